The van der Waals surface area contributed by atoms with Gasteiger partial charge in [0.05, 0.1) is 31.0 Å². The fraction of sp³-hybridized carbons (Fsp3) is 0.944. The topological polar surface area (TPSA) is 42.0 Å². The van der Waals surface area contributed by atoms with Gasteiger partial charge in [-0.2, -0.15) is 0 Å². The number of rotatable bonds is 2. The molecular weight excluding hydrogens is 292 g/mol. The number of amides is 1. The Morgan fingerprint density at radius 2 is 1.96 bits per heavy atom. The van der Waals surface area contributed by atoms with Gasteiger partial charge in [0.25, 0.3) is 0 Å². The molecule has 2 saturated heterocycles. The summed E-state index contributed by atoms with van der Waals surface area (Å²) in [6.07, 6.45) is 5.22. The maximum absolute atomic E-state index is 12.6. The molecule has 0 aromatic rings. The summed E-state index contributed by atoms with van der Waals surface area (Å²) in [5.74, 6) is 1.81. The van der Waals surface area contributed by atoms with Crippen molar-refractivity contribution in [2.75, 3.05) is 45.9 Å². The van der Waals surface area contributed by atoms with Gasteiger partial charge in [0.2, 0.25) is 5.91 Å². The van der Waals surface area contributed by atoms with Crippen LogP contribution >= 0.6 is 0 Å². The van der Waals surface area contributed by atoms with Crippen LogP contribution in [0.2, 0.25) is 0 Å². The molecule has 130 valence electrons. The monoisotopic (exact) mass is 322 g/mol. The predicted molar refractivity (Wildman–Crippen MR) is 87.2 cm³/mol. The molecule has 0 aromatic heterocycles. The third-order valence-electron chi connectivity index (χ3n) is 6.22. The molecule has 4 rings (SSSR count). The summed E-state index contributed by atoms with van der Waals surface area (Å²) >= 11 is 0. The summed E-state index contributed by atoms with van der Waals surface area (Å²) in [5.41, 5.74) is -0.149. The van der Waals surface area contributed by atoms with Crippen molar-refractivity contribution >= 4 is 5.91 Å². The van der Waals surface area contributed by atoms with Crippen LogP contribution in [0.5, 0.6) is 0 Å². The SMILES string of the molecule is CC1(C)CN(CC(=O)N2CCOCC2)C[C@]2(C[C@@H]3CC[C@H]2C3)O1. The summed E-state index contributed by atoms with van der Waals surface area (Å²) in [5, 5.41) is 0. The minimum Gasteiger partial charge on any atom is -0.378 e. The lowest BCUT2D eigenvalue weighted by atomic mass is 9.81. The van der Waals surface area contributed by atoms with Crippen LogP contribution in [0.4, 0.5) is 0 Å². The first-order valence-electron chi connectivity index (χ1n) is 9.24. The number of ether oxygens (including phenoxy) is 2. The van der Waals surface area contributed by atoms with Gasteiger partial charge in [0.1, 0.15) is 0 Å². The van der Waals surface area contributed by atoms with Gasteiger partial charge in [0, 0.05) is 26.2 Å². The molecule has 23 heavy (non-hydrogen) atoms. The molecule has 0 aromatic carbocycles. The van der Waals surface area contributed by atoms with E-state index in [1.54, 1.807) is 0 Å². The van der Waals surface area contributed by atoms with Crippen molar-refractivity contribution in [3.63, 3.8) is 0 Å². The Balaban J connectivity index is 1.44. The Morgan fingerprint density at radius 1 is 1.17 bits per heavy atom. The molecule has 0 radical (unpaired) electrons. The number of carbonyl (C=O) groups is 1. The molecule has 2 saturated carbocycles. The van der Waals surface area contributed by atoms with E-state index in [1.807, 2.05) is 4.90 Å². The number of nitrogens with zero attached hydrogens (tertiary/aromatic N) is 2. The van der Waals surface area contributed by atoms with Crippen molar-refractivity contribution in [2.45, 2.75) is 50.7 Å². The van der Waals surface area contributed by atoms with E-state index in [2.05, 4.69) is 18.7 Å². The highest BCUT2D eigenvalue weighted by atomic mass is 16.5. The number of hydrogen-bond donors (Lipinski definition) is 0. The molecule has 1 spiro atoms. The molecule has 1 amide bonds. The zero-order valence-electron chi connectivity index (χ0n) is 14.6. The molecule has 0 unspecified atom stereocenters. The lowest BCUT2D eigenvalue weighted by Crippen LogP contribution is -2.63. The van der Waals surface area contributed by atoms with Crippen molar-refractivity contribution in [1.29, 1.82) is 0 Å². The van der Waals surface area contributed by atoms with E-state index in [0.717, 1.165) is 32.1 Å². The summed E-state index contributed by atoms with van der Waals surface area (Å²) in [4.78, 5) is 16.9. The molecule has 4 aliphatic rings. The molecule has 2 heterocycles. The number of carbonyl (C=O) groups excluding carboxylic acids is 1. The van der Waals surface area contributed by atoms with Crippen LogP contribution in [0, 0.1) is 11.8 Å². The lowest BCUT2D eigenvalue weighted by Gasteiger charge is -2.52. The highest BCUT2D eigenvalue weighted by Gasteiger charge is 2.56. The van der Waals surface area contributed by atoms with E-state index in [4.69, 9.17) is 9.47 Å². The molecule has 4 fully saturated rings. The summed E-state index contributed by atoms with van der Waals surface area (Å²) < 4.78 is 12.0. The average Bonchev–Trinajstić information content (AvgIpc) is 3.06. The van der Waals surface area contributed by atoms with Gasteiger partial charge in [-0.15, -0.1) is 0 Å². The van der Waals surface area contributed by atoms with Gasteiger partial charge in [-0.25, -0.2) is 0 Å². The zero-order chi connectivity index (χ0) is 16.1. The molecular formula is C18H30N2O3. The Morgan fingerprint density at radius 3 is 2.61 bits per heavy atom. The minimum absolute atomic E-state index is 0.00988. The third kappa shape index (κ3) is 3.03. The minimum atomic E-state index is -0.159. The molecule has 5 nitrogen and oxygen atoms in total. The average molecular weight is 322 g/mol. The molecule has 3 atom stereocenters. The van der Waals surface area contributed by atoms with E-state index in [-0.39, 0.29) is 17.1 Å². The predicted octanol–water partition coefficient (Wildman–Crippen LogP) is 1.51. The first-order valence-corrected chi connectivity index (χ1v) is 9.24. The first-order chi connectivity index (χ1) is 11.0. The smallest absolute Gasteiger partial charge is 0.236 e. The molecule has 2 bridgehead atoms. The van der Waals surface area contributed by atoms with E-state index >= 15 is 0 Å². The third-order valence-corrected chi connectivity index (χ3v) is 6.22. The molecule has 2 aliphatic carbocycles. The lowest BCUT2D eigenvalue weighted by molar-refractivity contribution is -0.217. The Kier molecular flexibility index (Phi) is 3.94. The summed E-state index contributed by atoms with van der Waals surface area (Å²) in [7, 11) is 0. The van der Waals surface area contributed by atoms with E-state index < -0.39 is 0 Å². The largest absolute Gasteiger partial charge is 0.378 e. The zero-order valence-corrected chi connectivity index (χ0v) is 14.6. The number of fused-ring (bicyclic) bond motifs is 3. The second-order valence-corrected chi connectivity index (χ2v) is 8.64. The maximum atomic E-state index is 12.6. The molecule has 5 heteroatoms. The van der Waals surface area contributed by atoms with Crippen LogP contribution in [0.1, 0.15) is 39.5 Å². The van der Waals surface area contributed by atoms with Crippen molar-refractivity contribution in [3.05, 3.63) is 0 Å². The Bertz CT molecular complexity index is 475. The van der Waals surface area contributed by atoms with Crippen LogP contribution in [0.25, 0.3) is 0 Å². The Hall–Kier alpha value is -0.650. The summed E-state index contributed by atoms with van der Waals surface area (Å²) in [6, 6.07) is 0. The fourth-order valence-corrected chi connectivity index (χ4v) is 5.52. The first kappa shape index (κ1) is 15.9. The van der Waals surface area contributed by atoms with Crippen molar-refractivity contribution in [1.82, 2.24) is 9.80 Å². The molecule has 0 N–H and O–H groups in total. The standard InChI is InChI=1S/C18H30N2O3/c1-17(2)12-19(11-16(21)20-5-7-22-8-6-20)13-18(23-17)10-14-3-4-15(18)9-14/h14-15H,3-13H2,1-2H3/t14-,15+,18+/m1/s1. The second-order valence-electron chi connectivity index (χ2n) is 8.64. The van der Waals surface area contributed by atoms with E-state index in [1.165, 1.54) is 25.7 Å². The normalized spacial score (nSPS) is 40.0. The fourth-order valence-electron chi connectivity index (χ4n) is 5.52. The van der Waals surface area contributed by atoms with Gasteiger partial charge in [-0.3, -0.25) is 9.69 Å². The summed E-state index contributed by atoms with van der Waals surface area (Å²) in [6.45, 7) is 9.52. The number of morpholine rings is 2. The maximum Gasteiger partial charge on any atom is 0.236 e. The van der Waals surface area contributed by atoms with Crippen LogP contribution in [-0.2, 0) is 14.3 Å². The quantitative estimate of drug-likeness (QED) is 0.773. The van der Waals surface area contributed by atoms with Gasteiger partial charge in [-0.1, -0.05) is 0 Å². The molecule has 2 aliphatic heterocycles. The Labute approximate surface area is 139 Å². The van der Waals surface area contributed by atoms with Crippen molar-refractivity contribution in [3.8, 4) is 0 Å². The van der Waals surface area contributed by atoms with Crippen LogP contribution in [-0.4, -0.2) is 72.8 Å². The van der Waals surface area contributed by atoms with Crippen molar-refractivity contribution in [2.24, 2.45) is 11.8 Å². The van der Waals surface area contributed by atoms with E-state index in [9.17, 15) is 4.79 Å². The van der Waals surface area contributed by atoms with Crippen molar-refractivity contribution < 1.29 is 14.3 Å². The highest BCUT2D eigenvalue weighted by molar-refractivity contribution is 5.78. The van der Waals surface area contributed by atoms with Crippen LogP contribution in [0.3, 0.4) is 0 Å². The van der Waals surface area contributed by atoms with Gasteiger partial charge in [-0.05, 0) is 51.4 Å². The van der Waals surface area contributed by atoms with Gasteiger partial charge < -0.3 is 14.4 Å². The second kappa shape index (κ2) is 5.71. The van der Waals surface area contributed by atoms with Crippen LogP contribution < -0.4 is 0 Å². The van der Waals surface area contributed by atoms with Gasteiger partial charge >= 0.3 is 0 Å². The number of hydrogen-bond acceptors (Lipinski definition) is 4. The highest BCUT2D eigenvalue weighted by Crippen LogP contribution is 2.55. The van der Waals surface area contributed by atoms with Gasteiger partial charge in [0.15, 0.2) is 0 Å². The van der Waals surface area contributed by atoms with E-state index in [0.29, 0.717) is 25.7 Å². The van der Waals surface area contributed by atoms with Crippen LogP contribution in [0.15, 0.2) is 0 Å².